The highest BCUT2D eigenvalue weighted by Crippen LogP contribution is 1.89. The van der Waals surface area contributed by atoms with Crippen LogP contribution >= 0.6 is 0 Å². The van der Waals surface area contributed by atoms with Crippen molar-refractivity contribution in [3.63, 3.8) is 0 Å². The first-order valence-corrected chi connectivity index (χ1v) is 5.75. The third kappa shape index (κ3) is 11.9. The predicted molar refractivity (Wildman–Crippen MR) is 62.7 cm³/mol. The van der Waals surface area contributed by atoms with Gasteiger partial charge in [-0.05, 0) is 19.4 Å². The van der Waals surface area contributed by atoms with E-state index in [0.717, 1.165) is 26.0 Å². The molecule has 0 aromatic rings. The summed E-state index contributed by atoms with van der Waals surface area (Å²) in [5, 5.41) is 12.5. The van der Waals surface area contributed by atoms with Gasteiger partial charge in [0, 0.05) is 27.4 Å². The average Bonchev–Trinajstić information content (AvgIpc) is 2.27. The largest absolute Gasteiger partial charge is 0.389 e. The molecular formula is C11H25NO4. The molecule has 0 amide bonds. The molecule has 1 unspecified atom stereocenters. The molecule has 16 heavy (non-hydrogen) atoms. The van der Waals surface area contributed by atoms with Crippen molar-refractivity contribution in [2.45, 2.75) is 18.9 Å². The Morgan fingerprint density at radius 3 is 2.56 bits per heavy atom. The van der Waals surface area contributed by atoms with E-state index >= 15 is 0 Å². The first-order chi connectivity index (χ1) is 7.81. The molecule has 98 valence electrons. The third-order valence-corrected chi connectivity index (χ3v) is 2.06. The van der Waals surface area contributed by atoms with Crippen LogP contribution in [0.4, 0.5) is 0 Å². The minimum absolute atomic E-state index is 0.382. The van der Waals surface area contributed by atoms with Crippen LogP contribution in [0.15, 0.2) is 0 Å². The van der Waals surface area contributed by atoms with E-state index in [2.05, 4.69) is 5.32 Å². The van der Waals surface area contributed by atoms with Gasteiger partial charge in [-0.25, -0.2) is 0 Å². The fourth-order valence-corrected chi connectivity index (χ4v) is 1.22. The van der Waals surface area contributed by atoms with Gasteiger partial charge in [-0.1, -0.05) is 0 Å². The van der Waals surface area contributed by atoms with Gasteiger partial charge in [0.25, 0.3) is 0 Å². The van der Waals surface area contributed by atoms with E-state index in [4.69, 9.17) is 14.2 Å². The van der Waals surface area contributed by atoms with Crippen LogP contribution in [-0.2, 0) is 14.2 Å². The summed E-state index contributed by atoms with van der Waals surface area (Å²) in [5.41, 5.74) is 0. The molecule has 0 fully saturated rings. The summed E-state index contributed by atoms with van der Waals surface area (Å²) in [6, 6.07) is 0. The number of rotatable bonds is 12. The zero-order valence-corrected chi connectivity index (χ0v) is 10.4. The molecule has 0 radical (unpaired) electrons. The number of methoxy groups -OCH3 is 2. The molecule has 0 heterocycles. The van der Waals surface area contributed by atoms with Crippen LogP contribution in [0.1, 0.15) is 12.8 Å². The molecule has 5 nitrogen and oxygen atoms in total. The van der Waals surface area contributed by atoms with Crippen molar-refractivity contribution in [1.29, 1.82) is 0 Å². The van der Waals surface area contributed by atoms with E-state index in [1.165, 1.54) is 0 Å². The average molecular weight is 235 g/mol. The van der Waals surface area contributed by atoms with Gasteiger partial charge in [0.1, 0.15) is 0 Å². The van der Waals surface area contributed by atoms with Crippen molar-refractivity contribution in [2.75, 3.05) is 53.7 Å². The van der Waals surface area contributed by atoms with Gasteiger partial charge >= 0.3 is 0 Å². The lowest BCUT2D eigenvalue weighted by atomic mass is 10.3. The summed E-state index contributed by atoms with van der Waals surface area (Å²) >= 11 is 0. The lowest BCUT2D eigenvalue weighted by Gasteiger charge is -2.10. The first kappa shape index (κ1) is 15.8. The van der Waals surface area contributed by atoms with Crippen LogP contribution < -0.4 is 5.32 Å². The van der Waals surface area contributed by atoms with Crippen LogP contribution in [0.3, 0.4) is 0 Å². The summed E-state index contributed by atoms with van der Waals surface area (Å²) in [6.07, 6.45) is 1.66. The zero-order chi connectivity index (χ0) is 12.1. The molecule has 0 spiro atoms. The second-order valence-corrected chi connectivity index (χ2v) is 3.63. The van der Waals surface area contributed by atoms with Gasteiger partial charge in [-0.15, -0.1) is 0 Å². The fraction of sp³-hybridized carbons (Fsp3) is 1.00. The smallest absolute Gasteiger partial charge is 0.0897 e. The Morgan fingerprint density at radius 1 is 1.06 bits per heavy atom. The zero-order valence-electron chi connectivity index (χ0n) is 10.4. The highest BCUT2D eigenvalue weighted by Gasteiger charge is 2.01. The minimum atomic E-state index is -0.414. The molecule has 1 atom stereocenters. The molecular weight excluding hydrogens is 210 g/mol. The number of hydrogen-bond donors (Lipinski definition) is 2. The molecule has 0 bridgehead atoms. The minimum Gasteiger partial charge on any atom is -0.389 e. The van der Waals surface area contributed by atoms with E-state index in [9.17, 15) is 5.11 Å². The molecule has 0 saturated heterocycles. The number of nitrogens with one attached hydrogen (secondary N) is 1. The second-order valence-electron chi connectivity index (χ2n) is 3.63. The Labute approximate surface area is 98.1 Å². The number of aliphatic hydroxyl groups excluding tert-OH is 1. The molecule has 0 aliphatic carbocycles. The second kappa shape index (κ2) is 12.9. The van der Waals surface area contributed by atoms with Gasteiger partial charge in [0.05, 0.1) is 25.9 Å². The standard InChI is InChI=1S/C11H25NO4/c1-14-7-8-16-6-4-3-5-12-9-11(13)10-15-2/h11-13H,3-10H2,1-2H3. The van der Waals surface area contributed by atoms with Crippen LogP contribution in [0.5, 0.6) is 0 Å². The van der Waals surface area contributed by atoms with Crippen molar-refractivity contribution < 1.29 is 19.3 Å². The molecule has 0 saturated carbocycles. The predicted octanol–water partition coefficient (Wildman–Crippen LogP) is 0.0265. The van der Waals surface area contributed by atoms with Gasteiger partial charge in [0.15, 0.2) is 0 Å². The fourth-order valence-electron chi connectivity index (χ4n) is 1.22. The summed E-state index contributed by atoms with van der Waals surface area (Å²) in [5.74, 6) is 0. The molecule has 0 rings (SSSR count). The van der Waals surface area contributed by atoms with Gasteiger partial charge in [-0.3, -0.25) is 0 Å². The summed E-state index contributed by atoms with van der Waals surface area (Å²) in [7, 11) is 3.25. The molecule has 0 aromatic heterocycles. The van der Waals surface area contributed by atoms with E-state index in [1.54, 1.807) is 14.2 Å². The highest BCUT2D eigenvalue weighted by molar-refractivity contribution is 4.57. The SMILES string of the molecule is COCCOCCCCNCC(O)COC. The lowest BCUT2D eigenvalue weighted by molar-refractivity contribution is 0.0629. The highest BCUT2D eigenvalue weighted by atomic mass is 16.5. The Hall–Kier alpha value is -0.200. The van der Waals surface area contributed by atoms with E-state index in [0.29, 0.717) is 26.4 Å². The van der Waals surface area contributed by atoms with Crippen molar-refractivity contribution >= 4 is 0 Å². The Kier molecular flexibility index (Phi) is 12.7. The lowest BCUT2D eigenvalue weighted by Crippen LogP contribution is -2.30. The summed E-state index contributed by atoms with van der Waals surface area (Å²) in [6.45, 7) is 3.95. The van der Waals surface area contributed by atoms with Crippen LogP contribution in [-0.4, -0.2) is 64.9 Å². The van der Waals surface area contributed by atoms with Crippen molar-refractivity contribution in [3.8, 4) is 0 Å². The monoisotopic (exact) mass is 235 g/mol. The Bertz CT molecular complexity index is 135. The maximum atomic E-state index is 9.32. The molecule has 0 aromatic carbocycles. The number of unbranched alkanes of at least 4 members (excludes halogenated alkanes) is 1. The topological polar surface area (TPSA) is 60.0 Å². The quantitative estimate of drug-likeness (QED) is 0.467. The number of ether oxygens (including phenoxy) is 3. The van der Waals surface area contributed by atoms with E-state index in [-0.39, 0.29) is 0 Å². The Morgan fingerprint density at radius 2 is 1.88 bits per heavy atom. The van der Waals surface area contributed by atoms with Crippen LogP contribution in [0.2, 0.25) is 0 Å². The molecule has 0 aliphatic heterocycles. The van der Waals surface area contributed by atoms with Gasteiger partial charge in [0.2, 0.25) is 0 Å². The maximum absolute atomic E-state index is 9.32. The van der Waals surface area contributed by atoms with Crippen LogP contribution in [0.25, 0.3) is 0 Å². The third-order valence-electron chi connectivity index (χ3n) is 2.06. The van der Waals surface area contributed by atoms with Gasteiger partial charge < -0.3 is 24.6 Å². The van der Waals surface area contributed by atoms with Gasteiger partial charge in [-0.2, -0.15) is 0 Å². The molecule has 5 heteroatoms. The van der Waals surface area contributed by atoms with Crippen molar-refractivity contribution in [2.24, 2.45) is 0 Å². The number of aliphatic hydroxyl groups is 1. The van der Waals surface area contributed by atoms with Crippen molar-refractivity contribution in [3.05, 3.63) is 0 Å². The van der Waals surface area contributed by atoms with E-state index in [1.807, 2.05) is 0 Å². The van der Waals surface area contributed by atoms with Crippen molar-refractivity contribution in [1.82, 2.24) is 5.32 Å². The van der Waals surface area contributed by atoms with E-state index < -0.39 is 6.10 Å². The maximum Gasteiger partial charge on any atom is 0.0897 e. The normalized spacial score (nSPS) is 12.9. The molecule has 2 N–H and O–H groups in total. The van der Waals surface area contributed by atoms with Crippen LogP contribution in [0, 0.1) is 0 Å². The first-order valence-electron chi connectivity index (χ1n) is 5.75. The molecule has 0 aliphatic rings. The Balaban J connectivity index is 2.98. The number of hydrogen-bond acceptors (Lipinski definition) is 5. The summed E-state index contributed by atoms with van der Waals surface area (Å²) in [4.78, 5) is 0. The summed E-state index contributed by atoms with van der Waals surface area (Å²) < 4.78 is 15.0.